The predicted molar refractivity (Wildman–Crippen MR) is 103 cm³/mol. The zero-order valence-corrected chi connectivity index (χ0v) is 16.1. The van der Waals surface area contributed by atoms with E-state index in [0.717, 1.165) is 21.3 Å². The fourth-order valence-corrected chi connectivity index (χ4v) is 2.91. The smallest absolute Gasteiger partial charge is 0.175 e. The topological polar surface area (TPSA) is 51.5 Å². The van der Waals surface area contributed by atoms with Crippen molar-refractivity contribution in [1.82, 2.24) is 0 Å². The van der Waals surface area contributed by atoms with E-state index in [2.05, 4.69) is 22.0 Å². The summed E-state index contributed by atoms with van der Waals surface area (Å²) in [4.78, 5) is 0. The fraction of sp³-hybridized carbons (Fsp3) is 0.250. The summed E-state index contributed by atoms with van der Waals surface area (Å²) in [6.45, 7) is 4.92. The van der Waals surface area contributed by atoms with Crippen molar-refractivity contribution >= 4 is 27.6 Å². The molecule has 0 amide bonds. The summed E-state index contributed by atoms with van der Waals surface area (Å²) in [5.74, 6) is 2.07. The van der Waals surface area contributed by atoms with Gasteiger partial charge in [0.05, 0.1) is 36.4 Å². The minimum absolute atomic E-state index is 0.531. The molecule has 0 aromatic heterocycles. The van der Waals surface area contributed by atoms with Crippen molar-refractivity contribution in [1.29, 1.82) is 5.26 Å². The average molecular weight is 402 g/mol. The van der Waals surface area contributed by atoms with Crippen LogP contribution in [0.15, 0.2) is 40.9 Å². The van der Waals surface area contributed by atoms with E-state index < -0.39 is 0 Å². The lowest BCUT2D eigenvalue weighted by molar-refractivity contribution is 0.286. The van der Waals surface area contributed by atoms with Crippen molar-refractivity contribution < 1.29 is 14.2 Å². The Kier molecular flexibility index (Phi) is 6.91. The molecule has 0 saturated heterocycles. The van der Waals surface area contributed by atoms with E-state index in [1.54, 1.807) is 7.11 Å². The summed E-state index contributed by atoms with van der Waals surface area (Å²) >= 11 is 3.52. The molecule has 2 rings (SSSR count). The fourth-order valence-electron chi connectivity index (χ4n) is 2.34. The van der Waals surface area contributed by atoms with Crippen molar-refractivity contribution in [2.24, 2.45) is 0 Å². The van der Waals surface area contributed by atoms with Crippen molar-refractivity contribution in [2.75, 3.05) is 20.3 Å². The van der Waals surface area contributed by atoms with Gasteiger partial charge in [-0.2, -0.15) is 5.26 Å². The highest BCUT2D eigenvalue weighted by molar-refractivity contribution is 9.10. The average Bonchev–Trinajstić information content (AvgIpc) is 2.63. The largest absolute Gasteiger partial charge is 0.497 e. The number of rotatable bonds is 7. The van der Waals surface area contributed by atoms with Crippen LogP contribution in [0.4, 0.5) is 0 Å². The molecule has 0 aliphatic carbocycles. The van der Waals surface area contributed by atoms with Crippen LogP contribution in [0.5, 0.6) is 17.2 Å². The second kappa shape index (κ2) is 9.14. The second-order valence-corrected chi connectivity index (χ2v) is 5.95. The Morgan fingerprint density at radius 3 is 2.36 bits per heavy atom. The van der Waals surface area contributed by atoms with Gasteiger partial charge in [-0.1, -0.05) is 0 Å². The Labute approximate surface area is 156 Å². The molecule has 4 nitrogen and oxygen atoms in total. The molecule has 5 heteroatoms. The first-order valence-electron chi connectivity index (χ1n) is 7.98. The Morgan fingerprint density at radius 1 is 1.12 bits per heavy atom. The van der Waals surface area contributed by atoms with Gasteiger partial charge in [0.2, 0.25) is 0 Å². The highest BCUT2D eigenvalue weighted by Gasteiger charge is 2.12. The Hall–Kier alpha value is -2.45. The molecule has 0 N–H and O–H groups in total. The van der Waals surface area contributed by atoms with Crippen molar-refractivity contribution in [3.05, 3.63) is 52.0 Å². The molecule has 0 spiro atoms. The van der Waals surface area contributed by atoms with Gasteiger partial charge in [0, 0.05) is 0 Å². The number of ether oxygens (including phenoxy) is 3. The summed E-state index contributed by atoms with van der Waals surface area (Å²) < 4.78 is 17.3. The number of hydrogen-bond donors (Lipinski definition) is 0. The molecule has 0 fully saturated rings. The standard InChI is InChI=1S/C20H20BrNO3/c1-4-24-19-12-14(11-18(21)20(19)25-5-2)10-16(13-22)15-6-8-17(23-3)9-7-15/h6-12H,4-5H2,1-3H3/b16-10+. The maximum Gasteiger partial charge on any atom is 0.175 e. The van der Waals surface area contributed by atoms with Crippen LogP contribution >= 0.6 is 15.9 Å². The molecular weight excluding hydrogens is 382 g/mol. The monoisotopic (exact) mass is 401 g/mol. The van der Waals surface area contributed by atoms with Crippen LogP contribution in [-0.2, 0) is 0 Å². The first kappa shape index (κ1) is 18.9. The Bertz CT molecular complexity index is 792. The molecule has 0 saturated carbocycles. The van der Waals surface area contributed by atoms with E-state index >= 15 is 0 Å². The predicted octanol–water partition coefficient (Wildman–Crippen LogP) is 5.32. The molecule has 0 radical (unpaired) electrons. The molecule has 0 aliphatic rings. The Morgan fingerprint density at radius 2 is 1.80 bits per heavy atom. The highest BCUT2D eigenvalue weighted by Crippen LogP contribution is 2.38. The zero-order valence-electron chi connectivity index (χ0n) is 14.5. The van der Waals surface area contributed by atoms with Crippen LogP contribution in [0.2, 0.25) is 0 Å². The second-order valence-electron chi connectivity index (χ2n) is 5.09. The quantitative estimate of drug-likeness (QED) is 0.465. The van der Waals surface area contributed by atoms with Gasteiger partial charge in [-0.15, -0.1) is 0 Å². The first-order chi connectivity index (χ1) is 12.1. The molecule has 2 aromatic carbocycles. The van der Waals surface area contributed by atoms with Gasteiger partial charge in [-0.25, -0.2) is 0 Å². The molecule has 0 unspecified atom stereocenters. The number of methoxy groups -OCH3 is 1. The van der Waals surface area contributed by atoms with Crippen molar-refractivity contribution in [2.45, 2.75) is 13.8 Å². The minimum atomic E-state index is 0.531. The van der Waals surface area contributed by atoms with Crippen LogP contribution < -0.4 is 14.2 Å². The SMILES string of the molecule is CCOc1cc(/C=C(\C#N)c2ccc(OC)cc2)cc(Br)c1OCC. The molecule has 0 heterocycles. The molecular formula is C20H20BrNO3. The van der Waals surface area contributed by atoms with Gasteiger partial charge >= 0.3 is 0 Å². The summed E-state index contributed by atoms with van der Waals surface area (Å²) in [5, 5.41) is 9.53. The minimum Gasteiger partial charge on any atom is -0.497 e. The van der Waals surface area contributed by atoms with Crippen molar-refractivity contribution in [3.63, 3.8) is 0 Å². The van der Waals surface area contributed by atoms with Gasteiger partial charge in [0.1, 0.15) is 5.75 Å². The van der Waals surface area contributed by atoms with Crippen LogP contribution in [0.1, 0.15) is 25.0 Å². The molecule has 0 bridgehead atoms. The third kappa shape index (κ3) is 4.77. The lowest BCUT2D eigenvalue weighted by atomic mass is 10.0. The number of allylic oxidation sites excluding steroid dienone is 1. The third-order valence-electron chi connectivity index (χ3n) is 3.45. The van der Waals surface area contributed by atoms with E-state index in [9.17, 15) is 5.26 Å². The number of nitriles is 1. The highest BCUT2D eigenvalue weighted by atomic mass is 79.9. The number of benzene rings is 2. The summed E-state index contributed by atoms with van der Waals surface area (Å²) in [6.07, 6.45) is 1.82. The molecule has 2 aromatic rings. The molecule has 130 valence electrons. The number of nitrogens with zero attached hydrogens (tertiary/aromatic N) is 1. The first-order valence-corrected chi connectivity index (χ1v) is 8.77. The number of halogens is 1. The summed E-state index contributed by atoms with van der Waals surface area (Å²) in [6, 6.07) is 13.4. The summed E-state index contributed by atoms with van der Waals surface area (Å²) in [7, 11) is 1.61. The summed E-state index contributed by atoms with van der Waals surface area (Å²) in [5.41, 5.74) is 2.23. The normalized spacial score (nSPS) is 10.9. The Balaban J connectivity index is 2.44. The van der Waals surface area contributed by atoms with Crippen molar-refractivity contribution in [3.8, 4) is 23.3 Å². The maximum atomic E-state index is 9.53. The van der Waals surface area contributed by atoms with Gasteiger partial charge in [-0.3, -0.25) is 0 Å². The van der Waals surface area contributed by atoms with Crippen LogP contribution in [0.3, 0.4) is 0 Å². The van der Waals surface area contributed by atoms with Gasteiger partial charge in [-0.05, 0) is 83.4 Å². The molecule has 0 aliphatic heterocycles. The van der Waals surface area contributed by atoms with E-state index in [0.29, 0.717) is 30.3 Å². The molecule has 25 heavy (non-hydrogen) atoms. The third-order valence-corrected chi connectivity index (χ3v) is 4.04. The van der Waals surface area contributed by atoms with E-state index in [-0.39, 0.29) is 0 Å². The van der Waals surface area contributed by atoms with E-state index in [1.807, 2.05) is 56.3 Å². The lowest BCUT2D eigenvalue weighted by Crippen LogP contribution is -1.99. The van der Waals surface area contributed by atoms with Gasteiger partial charge < -0.3 is 14.2 Å². The zero-order chi connectivity index (χ0) is 18.2. The van der Waals surface area contributed by atoms with Crippen LogP contribution in [0.25, 0.3) is 11.6 Å². The van der Waals surface area contributed by atoms with Gasteiger partial charge in [0.15, 0.2) is 11.5 Å². The van der Waals surface area contributed by atoms with E-state index in [4.69, 9.17) is 14.2 Å². The van der Waals surface area contributed by atoms with Crippen LogP contribution in [0, 0.1) is 11.3 Å². The maximum absolute atomic E-state index is 9.53. The number of hydrogen-bond acceptors (Lipinski definition) is 4. The molecule has 0 atom stereocenters. The lowest BCUT2D eigenvalue weighted by Gasteiger charge is -2.13. The van der Waals surface area contributed by atoms with Gasteiger partial charge in [0.25, 0.3) is 0 Å². The van der Waals surface area contributed by atoms with Crippen LogP contribution in [-0.4, -0.2) is 20.3 Å². The van der Waals surface area contributed by atoms with E-state index in [1.165, 1.54) is 0 Å².